The average molecular weight is 287 g/mol. The minimum Gasteiger partial charge on any atom is -0.353 e. The van der Waals surface area contributed by atoms with E-state index in [-0.39, 0.29) is 16.9 Å². The summed E-state index contributed by atoms with van der Waals surface area (Å²) >= 11 is 0. The molecule has 0 amide bonds. The molecule has 2 aromatic rings. The van der Waals surface area contributed by atoms with Gasteiger partial charge in [-0.1, -0.05) is 13.8 Å². The molecule has 2 aromatic carbocycles. The number of carbonyl (C=O) groups is 1. The molecule has 2 nitrogen and oxygen atoms in total. The van der Waals surface area contributed by atoms with Crippen molar-refractivity contribution < 1.29 is 13.6 Å². The number of rotatable bonds is 2. The smallest absolute Gasteiger partial charge is 0.169 e. The van der Waals surface area contributed by atoms with Gasteiger partial charge in [-0.05, 0) is 42.3 Å². The predicted octanol–water partition coefficient (Wildman–Crippen LogP) is 4.47. The van der Waals surface area contributed by atoms with Crippen LogP contribution in [0.1, 0.15) is 29.8 Å². The summed E-state index contributed by atoms with van der Waals surface area (Å²) in [5.74, 6) is -1.12. The molecule has 0 fully saturated rings. The first kappa shape index (κ1) is 13.7. The number of benzene rings is 2. The first-order chi connectivity index (χ1) is 9.87. The normalized spacial score (nSPS) is 15.9. The highest BCUT2D eigenvalue weighted by Gasteiger charge is 2.37. The summed E-state index contributed by atoms with van der Waals surface area (Å²) in [6.07, 6.45) is 0.669. The third kappa shape index (κ3) is 2.42. The molecule has 3 rings (SSSR count). The molecule has 0 spiro atoms. The average Bonchev–Trinajstić information content (AvgIpc) is 2.63. The lowest BCUT2D eigenvalue weighted by molar-refractivity contribution is 0.0863. The third-order valence-electron chi connectivity index (χ3n) is 3.81. The van der Waals surface area contributed by atoms with Crippen LogP contribution in [0, 0.1) is 17.0 Å². The Balaban J connectivity index is 1.91. The van der Waals surface area contributed by atoms with Gasteiger partial charge in [0.15, 0.2) is 5.78 Å². The maximum absolute atomic E-state index is 13.6. The van der Waals surface area contributed by atoms with E-state index in [0.717, 1.165) is 17.2 Å². The van der Waals surface area contributed by atoms with E-state index in [1.807, 2.05) is 19.9 Å². The standard InChI is InChI=1S/C17H15F2NO/c1-17(2)9-10-7-12(4-5-13(10)16(17)21)20-15-6-3-11(18)8-14(15)19/h3-8,20H,9H2,1-2H3. The number of halogens is 2. The maximum atomic E-state index is 13.6. The van der Waals surface area contributed by atoms with E-state index >= 15 is 0 Å². The summed E-state index contributed by atoms with van der Waals surface area (Å²) in [6, 6.07) is 8.74. The van der Waals surface area contributed by atoms with E-state index in [4.69, 9.17) is 0 Å². The van der Waals surface area contributed by atoms with E-state index in [1.165, 1.54) is 12.1 Å². The van der Waals surface area contributed by atoms with Crippen molar-refractivity contribution in [3.05, 3.63) is 59.2 Å². The number of Topliss-reactive ketones (excluding diaryl/α,β-unsaturated/α-hetero) is 1. The number of carbonyl (C=O) groups excluding carboxylic acids is 1. The Kier molecular flexibility index (Phi) is 3.04. The molecule has 0 bridgehead atoms. The van der Waals surface area contributed by atoms with E-state index < -0.39 is 11.6 Å². The lowest BCUT2D eigenvalue weighted by Crippen LogP contribution is -2.18. The molecule has 21 heavy (non-hydrogen) atoms. The fraction of sp³-hybridized carbons (Fsp3) is 0.235. The van der Waals surface area contributed by atoms with Gasteiger partial charge >= 0.3 is 0 Å². The molecular formula is C17H15F2NO. The van der Waals surface area contributed by atoms with E-state index in [9.17, 15) is 13.6 Å². The molecule has 0 atom stereocenters. The van der Waals surface area contributed by atoms with Gasteiger partial charge in [-0.3, -0.25) is 4.79 Å². The number of hydrogen-bond donors (Lipinski definition) is 1. The molecule has 0 saturated heterocycles. The SMILES string of the molecule is CC1(C)Cc2cc(Nc3ccc(F)cc3F)ccc2C1=O. The second-order valence-electron chi connectivity index (χ2n) is 6.01. The second kappa shape index (κ2) is 4.65. The molecule has 0 aliphatic heterocycles. The Morgan fingerprint density at radius 1 is 1.10 bits per heavy atom. The molecule has 0 heterocycles. The van der Waals surface area contributed by atoms with Crippen LogP contribution in [-0.4, -0.2) is 5.78 Å². The van der Waals surface area contributed by atoms with Crippen molar-refractivity contribution in [2.24, 2.45) is 5.41 Å². The van der Waals surface area contributed by atoms with Crippen LogP contribution in [0.2, 0.25) is 0 Å². The Bertz CT molecular complexity index is 738. The van der Waals surface area contributed by atoms with Crippen molar-refractivity contribution in [2.45, 2.75) is 20.3 Å². The van der Waals surface area contributed by atoms with E-state index in [1.54, 1.807) is 12.1 Å². The number of fused-ring (bicyclic) bond motifs is 1. The summed E-state index contributed by atoms with van der Waals surface area (Å²) < 4.78 is 26.5. The topological polar surface area (TPSA) is 29.1 Å². The van der Waals surface area contributed by atoms with Gasteiger partial charge < -0.3 is 5.32 Å². The monoisotopic (exact) mass is 287 g/mol. The van der Waals surface area contributed by atoms with Gasteiger partial charge in [0, 0.05) is 22.7 Å². The van der Waals surface area contributed by atoms with Gasteiger partial charge in [-0.2, -0.15) is 0 Å². The molecule has 0 radical (unpaired) electrons. The molecule has 0 saturated carbocycles. The predicted molar refractivity (Wildman–Crippen MR) is 77.9 cm³/mol. The van der Waals surface area contributed by atoms with Crippen LogP contribution in [0.15, 0.2) is 36.4 Å². The maximum Gasteiger partial charge on any atom is 0.169 e. The third-order valence-corrected chi connectivity index (χ3v) is 3.81. The Morgan fingerprint density at radius 2 is 1.86 bits per heavy atom. The highest BCUT2D eigenvalue weighted by molar-refractivity contribution is 6.04. The van der Waals surface area contributed by atoms with Gasteiger partial charge in [-0.25, -0.2) is 8.78 Å². The van der Waals surface area contributed by atoms with Gasteiger partial charge in [0.2, 0.25) is 0 Å². The van der Waals surface area contributed by atoms with Gasteiger partial charge in [0.1, 0.15) is 11.6 Å². The highest BCUT2D eigenvalue weighted by atomic mass is 19.1. The summed E-state index contributed by atoms with van der Waals surface area (Å²) in [5.41, 5.74) is 2.19. The fourth-order valence-electron chi connectivity index (χ4n) is 2.71. The van der Waals surface area contributed by atoms with Crippen LogP contribution in [0.5, 0.6) is 0 Å². The van der Waals surface area contributed by atoms with Crippen LogP contribution < -0.4 is 5.32 Å². The first-order valence-corrected chi connectivity index (χ1v) is 6.77. The largest absolute Gasteiger partial charge is 0.353 e. The lowest BCUT2D eigenvalue weighted by Gasteiger charge is -2.13. The quantitative estimate of drug-likeness (QED) is 0.882. The lowest BCUT2D eigenvalue weighted by atomic mass is 9.89. The zero-order valence-electron chi connectivity index (χ0n) is 11.8. The van der Waals surface area contributed by atoms with Gasteiger partial charge in [0.25, 0.3) is 0 Å². The second-order valence-corrected chi connectivity index (χ2v) is 6.01. The minimum atomic E-state index is -0.646. The van der Waals surface area contributed by atoms with Crippen LogP contribution in [0.4, 0.5) is 20.2 Å². The van der Waals surface area contributed by atoms with Crippen molar-refractivity contribution in [1.82, 2.24) is 0 Å². The minimum absolute atomic E-state index is 0.136. The molecule has 1 aliphatic rings. The summed E-state index contributed by atoms with van der Waals surface area (Å²) in [6.45, 7) is 3.84. The summed E-state index contributed by atoms with van der Waals surface area (Å²) in [4.78, 5) is 12.2. The Hall–Kier alpha value is -2.23. The Morgan fingerprint density at radius 3 is 2.57 bits per heavy atom. The zero-order valence-corrected chi connectivity index (χ0v) is 11.8. The molecule has 1 N–H and O–H groups in total. The van der Waals surface area contributed by atoms with Crippen molar-refractivity contribution in [3.63, 3.8) is 0 Å². The summed E-state index contributed by atoms with van der Waals surface area (Å²) in [7, 11) is 0. The zero-order chi connectivity index (χ0) is 15.2. The molecule has 0 unspecified atom stereocenters. The van der Waals surface area contributed by atoms with Crippen molar-refractivity contribution in [3.8, 4) is 0 Å². The van der Waals surface area contributed by atoms with Gasteiger partial charge in [0.05, 0.1) is 5.69 Å². The van der Waals surface area contributed by atoms with Crippen molar-refractivity contribution >= 4 is 17.2 Å². The van der Waals surface area contributed by atoms with Crippen molar-refractivity contribution in [1.29, 1.82) is 0 Å². The highest BCUT2D eigenvalue weighted by Crippen LogP contribution is 2.37. The van der Waals surface area contributed by atoms with Crippen LogP contribution in [-0.2, 0) is 6.42 Å². The molecule has 1 aliphatic carbocycles. The number of anilines is 2. The molecular weight excluding hydrogens is 272 g/mol. The van der Waals surface area contributed by atoms with Crippen LogP contribution in [0.3, 0.4) is 0 Å². The molecule has 0 aromatic heterocycles. The first-order valence-electron chi connectivity index (χ1n) is 6.77. The fourth-order valence-corrected chi connectivity index (χ4v) is 2.71. The molecule has 4 heteroatoms. The number of nitrogens with one attached hydrogen (secondary N) is 1. The Labute approximate surface area is 121 Å². The molecule has 108 valence electrons. The van der Waals surface area contributed by atoms with Crippen molar-refractivity contribution in [2.75, 3.05) is 5.32 Å². The van der Waals surface area contributed by atoms with E-state index in [2.05, 4.69) is 5.32 Å². The number of ketones is 1. The summed E-state index contributed by atoms with van der Waals surface area (Å²) in [5, 5.41) is 2.92. The van der Waals surface area contributed by atoms with Crippen LogP contribution in [0.25, 0.3) is 0 Å². The number of hydrogen-bond acceptors (Lipinski definition) is 2. The van der Waals surface area contributed by atoms with E-state index in [0.29, 0.717) is 12.1 Å². The van der Waals surface area contributed by atoms with Crippen LogP contribution >= 0.6 is 0 Å². The van der Waals surface area contributed by atoms with Gasteiger partial charge in [-0.15, -0.1) is 0 Å².